The van der Waals surface area contributed by atoms with E-state index in [0.717, 1.165) is 36.0 Å². The van der Waals surface area contributed by atoms with Crippen molar-refractivity contribution < 1.29 is 28.2 Å². The summed E-state index contributed by atoms with van der Waals surface area (Å²) < 4.78 is 41.0. The van der Waals surface area contributed by atoms with Crippen molar-refractivity contribution in [3.63, 3.8) is 0 Å². The normalized spacial score (nSPS) is 17.3. The minimum absolute atomic E-state index is 0.0781. The van der Waals surface area contributed by atoms with E-state index in [1.54, 1.807) is 31.4 Å². The zero-order valence-electron chi connectivity index (χ0n) is 22.5. The second kappa shape index (κ2) is 11.5. The van der Waals surface area contributed by atoms with E-state index in [4.69, 9.17) is 9.47 Å². The molecule has 0 saturated heterocycles. The van der Waals surface area contributed by atoms with Gasteiger partial charge in [0, 0.05) is 5.56 Å². The van der Waals surface area contributed by atoms with Crippen molar-refractivity contribution in [2.24, 2.45) is 5.41 Å². The van der Waals surface area contributed by atoms with Crippen LogP contribution in [0.25, 0.3) is 11.1 Å². The van der Waals surface area contributed by atoms with Gasteiger partial charge in [0.05, 0.1) is 13.5 Å². The predicted octanol–water partition coefficient (Wildman–Crippen LogP) is 8.48. The van der Waals surface area contributed by atoms with Gasteiger partial charge < -0.3 is 14.6 Å². The number of carboxylic acids is 1. The number of benzene rings is 3. The zero-order valence-corrected chi connectivity index (χ0v) is 22.5. The van der Waals surface area contributed by atoms with E-state index in [1.807, 2.05) is 19.1 Å². The highest BCUT2D eigenvalue weighted by atomic mass is 19.1. The van der Waals surface area contributed by atoms with Crippen LogP contribution in [0.1, 0.15) is 81.4 Å². The molecule has 1 aliphatic rings. The first-order chi connectivity index (χ1) is 18.1. The Kier molecular flexibility index (Phi) is 8.39. The number of hydrogen-bond acceptors (Lipinski definition) is 3. The maximum absolute atomic E-state index is 15.0. The van der Waals surface area contributed by atoms with Crippen molar-refractivity contribution in [1.29, 1.82) is 0 Å². The Morgan fingerprint density at radius 2 is 1.76 bits per heavy atom. The van der Waals surface area contributed by atoms with E-state index in [1.165, 1.54) is 12.1 Å². The smallest absolute Gasteiger partial charge is 0.303 e. The number of carboxylic acid groups (broad SMARTS) is 1. The SMILES string of the molecule is CC[C@@H](CC(=O)O)c1cc(OCc2ccc(-c3cc(OC)ccc3F)c([C@@H]3CCCC3(C)C)c2)ccc1F. The molecule has 2 atom stereocenters. The first-order valence-electron chi connectivity index (χ1n) is 13.2. The summed E-state index contributed by atoms with van der Waals surface area (Å²) in [6, 6.07) is 15.3. The van der Waals surface area contributed by atoms with Crippen LogP contribution in [0.4, 0.5) is 8.78 Å². The molecule has 1 N–H and O–H groups in total. The Hall–Kier alpha value is -3.41. The molecule has 4 rings (SSSR count). The van der Waals surface area contributed by atoms with Crippen molar-refractivity contribution in [3.05, 3.63) is 82.9 Å². The Morgan fingerprint density at radius 3 is 2.42 bits per heavy atom. The molecule has 0 aliphatic heterocycles. The van der Waals surface area contributed by atoms with Crippen LogP contribution < -0.4 is 9.47 Å². The lowest BCUT2D eigenvalue weighted by molar-refractivity contribution is -0.137. The second-order valence-corrected chi connectivity index (χ2v) is 10.9. The molecule has 1 fully saturated rings. The van der Waals surface area contributed by atoms with Crippen LogP contribution in [0.2, 0.25) is 0 Å². The molecule has 0 bridgehead atoms. The molecule has 1 aliphatic carbocycles. The third-order valence-electron chi connectivity index (χ3n) is 7.94. The van der Waals surface area contributed by atoms with Gasteiger partial charge in [0.15, 0.2) is 0 Å². The van der Waals surface area contributed by atoms with E-state index in [2.05, 4.69) is 19.9 Å². The lowest BCUT2D eigenvalue weighted by atomic mass is 9.75. The van der Waals surface area contributed by atoms with Crippen LogP contribution in [0.15, 0.2) is 54.6 Å². The average molecular weight is 523 g/mol. The van der Waals surface area contributed by atoms with Crippen molar-refractivity contribution in [2.75, 3.05) is 7.11 Å². The van der Waals surface area contributed by atoms with Gasteiger partial charge in [-0.2, -0.15) is 0 Å². The fraction of sp³-hybridized carbons (Fsp3) is 0.406. The number of carbonyl (C=O) groups is 1. The molecule has 4 nitrogen and oxygen atoms in total. The Bertz CT molecular complexity index is 1300. The van der Waals surface area contributed by atoms with Gasteiger partial charge in [-0.05, 0) is 95.2 Å². The van der Waals surface area contributed by atoms with Crippen LogP contribution in [0.3, 0.4) is 0 Å². The summed E-state index contributed by atoms with van der Waals surface area (Å²) in [6.45, 7) is 6.63. The van der Waals surface area contributed by atoms with Crippen LogP contribution in [-0.2, 0) is 11.4 Å². The van der Waals surface area contributed by atoms with Gasteiger partial charge >= 0.3 is 5.97 Å². The summed E-state index contributed by atoms with van der Waals surface area (Å²) in [6.07, 6.45) is 3.62. The highest BCUT2D eigenvalue weighted by Gasteiger charge is 2.37. The van der Waals surface area contributed by atoms with Gasteiger partial charge in [-0.1, -0.05) is 45.4 Å². The quantitative estimate of drug-likeness (QED) is 0.290. The minimum Gasteiger partial charge on any atom is -0.497 e. The Labute approximate surface area is 223 Å². The van der Waals surface area contributed by atoms with Crippen molar-refractivity contribution in [3.8, 4) is 22.6 Å². The van der Waals surface area contributed by atoms with Gasteiger partial charge in [-0.3, -0.25) is 4.79 Å². The van der Waals surface area contributed by atoms with Gasteiger partial charge in [-0.15, -0.1) is 0 Å². The summed E-state index contributed by atoms with van der Waals surface area (Å²) in [4.78, 5) is 11.2. The lowest BCUT2D eigenvalue weighted by Gasteiger charge is -2.30. The molecule has 1 saturated carbocycles. The summed E-state index contributed by atoms with van der Waals surface area (Å²) >= 11 is 0. The number of methoxy groups -OCH3 is 1. The largest absolute Gasteiger partial charge is 0.497 e. The standard InChI is InChI=1S/C32H36F2O4/c1-5-21(16-31(35)36)25-18-23(10-13-29(25)33)38-19-20-8-11-24(27-17-22(37-4)9-12-30(27)34)26(15-20)28-7-6-14-32(28,2)3/h8-13,15,17-18,21,28H,5-7,14,16,19H2,1-4H3,(H,35,36)/t21-,28-/m0/s1. The molecular weight excluding hydrogens is 486 g/mol. The number of ether oxygens (including phenoxy) is 2. The minimum atomic E-state index is -0.961. The topological polar surface area (TPSA) is 55.8 Å². The molecular formula is C32H36F2O4. The van der Waals surface area contributed by atoms with Crippen molar-refractivity contribution >= 4 is 5.97 Å². The number of aliphatic carboxylic acids is 1. The summed E-state index contributed by atoms with van der Waals surface area (Å²) in [5.74, 6) is -0.760. The van der Waals surface area contributed by atoms with Gasteiger partial charge in [0.25, 0.3) is 0 Å². The Balaban J connectivity index is 1.66. The summed E-state index contributed by atoms with van der Waals surface area (Å²) in [5.41, 5.74) is 3.82. The molecule has 6 heteroatoms. The Morgan fingerprint density at radius 1 is 1.03 bits per heavy atom. The average Bonchev–Trinajstić information content (AvgIpc) is 3.25. The fourth-order valence-corrected chi connectivity index (χ4v) is 5.75. The molecule has 0 unspecified atom stereocenters. The molecule has 0 amide bonds. The third kappa shape index (κ3) is 6.01. The summed E-state index contributed by atoms with van der Waals surface area (Å²) in [5, 5.41) is 9.21. The van der Waals surface area contributed by atoms with Crippen LogP contribution in [0, 0.1) is 17.0 Å². The van der Waals surface area contributed by atoms with E-state index in [-0.39, 0.29) is 30.2 Å². The number of halogens is 2. The van der Waals surface area contributed by atoms with Crippen LogP contribution in [-0.4, -0.2) is 18.2 Å². The molecule has 0 spiro atoms. The first-order valence-corrected chi connectivity index (χ1v) is 13.2. The number of hydrogen-bond donors (Lipinski definition) is 1. The molecule has 202 valence electrons. The van der Waals surface area contributed by atoms with E-state index >= 15 is 4.39 Å². The maximum atomic E-state index is 15.0. The molecule has 0 heterocycles. The summed E-state index contributed by atoms with van der Waals surface area (Å²) in [7, 11) is 1.57. The van der Waals surface area contributed by atoms with E-state index in [9.17, 15) is 14.3 Å². The number of rotatable bonds is 10. The molecule has 3 aromatic rings. The molecule has 0 aromatic heterocycles. The van der Waals surface area contributed by atoms with Gasteiger partial charge in [0.1, 0.15) is 29.7 Å². The van der Waals surface area contributed by atoms with E-state index in [0.29, 0.717) is 29.0 Å². The van der Waals surface area contributed by atoms with Crippen LogP contribution >= 0.6 is 0 Å². The highest BCUT2D eigenvalue weighted by Crippen LogP contribution is 2.51. The van der Waals surface area contributed by atoms with Crippen molar-refractivity contribution in [1.82, 2.24) is 0 Å². The second-order valence-electron chi connectivity index (χ2n) is 10.9. The van der Waals surface area contributed by atoms with Crippen LogP contribution in [0.5, 0.6) is 11.5 Å². The third-order valence-corrected chi connectivity index (χ3v) is 7.94. The van der Waals surface area contributed by atoms with Gasteiger partial charge in [-0.25, -0.2) is 8.78 Å². The zero-order chi connectivity index (χ0) is 27.4. The predicted molar refractivity (Wildman–Crippen MR) is 145 cm³/mol. The molecule has 0 radical (unpaired) electrons. The van der Waals surface area contributed by atoms with Crippen molar-refractivity contribution in [2.45, 2.75) is 71.3 Å². The highest BCUT2D eigenvalue weighted by molar-refractivity contribution is 5.71. The maximum Gasteiger partial charge on any atom is 0.303 e. The molecule has 3 aromatic carbocycles. The first kappa shape index (κ1) is 27.6. The monoisotopic (exact) mass is 522 g/mol. The lowest BCUT2D eigenvalue weighted by Crippen LogP contribution is -2.17. The molecule has 38 heavy (non-hydrogen) atoms. The van der Waals surface area contributed by atoms with Gasteiger partial charge in [0.2, 0.25) is 0 Å². The van der Waals surface area contributed by atoms with E-state index < -0.39 is 17.7 Å². The fourth-order valence-electron chi connectivity index (χ4n) is 5.75.